The molecule has 2 rings (SSSR count). The molecular formula is C18H27ClN2O2. The molecule has 128 valence electrons. The lowest BCUT2D eigenvalue weighted by atomic mass is 9.82. The van der Waals surface area contributed by atoms with Gasteiger partial charge in [0.15, 0.2) is 0 Å². The first-order valence-electron chi connectivity index (χ1n) is 8.26. The van der Waals surface area contributed by atoms with E-state index in [9.17, 15) is 4.79 Å². The molecule has 1 unspecified atom stereocenters. The maximum atomic E-state index is 11.8. The van der Waals surface area contributed by atoms with Crippen molar-refractivity contribution in [2.24, 2.45) is 5.92 Å². The topological polar surface area (TPSA) is 50.4 Å². The molecule has 2 N–H and O–H groups in total. The van der Waals surface area contributed by atoms with E-state index in [0.29, 0.717) is 22.5 Å². The van der Waals surface area contributed by atoms with E-state index in [1.807, 2.05) is 39.0 Å². The number of benzene rings is 1. The van der Waals surface area contributed by atoms with Gasteiger partial charge in [0.1, 0.15) is 5.60 Å². The van der Waals surface area contributed by atoms with Crippen LogP contribution in [0.15, 0.2) is 18.2 Å². The van der Waals surface area contributed by atoms with Crippen molar-refractivity contribution in [1.82, 2.24) is 5.32 Å². The van der Waals surface area contributed by atoms with E-state index in [0.717, 1.165) is 13.1 Å². The minimum Gasteiger partial charge on any atom is -0.444 e. The Bertz CT molecular complexity index is 548. The van der Waals surface area contributed by atoms with Gasteiger partial charge in [-0.2, -0.15) is 0 Å². The lowest BCUT2D eigenvalue weighted by Crippen LogP contribution is -2.30. The Morgan fingerprint density at radius 3 is 2.57 bits per heavy atom. The molecule has 23 heavy (non-hydrogen) atoms. The Morgan fingerprint density at radius 1 is 1.35 bits per heavy atom. The van der Waals surface area contributed by atoms with E-state index in [2.05, 4.69) is 17.6 Å². The summed E-state index contributed by atoms with van der Waals surface area (Å²) in [5.74, 6) is 1.14. The minimum atomic E-state index is -0.528. The van der Waals surface area contributed by atoms with Crippen molar-refractivity contribution < 1.29 is 9.53 Å². The summed E-state index contributed by atoms with van der Waals surface area (Å²) in [5, 5.41) is 6.65. The average Bonchev–Trinajstić information content (AvgIpc) is 2.47. The summed E-state index contributed by atoms with van der Waals surface area (Å²) in [6, 6.07) is 5.87. The van der Waals surface area contributed by atoms with Gasteiger partial charge in [-0.1, -0.05) is 24.6 Å². The van der Waals surface area contributed by atoms with E-state index in [1.54, 1.807) is 0 Å². The number of anilines is 1. The van der Waals surface area contributed by atoms with Crippen LogP contribution in [0.4, 0.5) is 10.5 Å². The number of amides is 1. The van der Waals surface area contributed by atoms with Gasteiger partial charge < -0.3 is 10.1 Å². The van der Waals surface area contributed by atoms with Gasteiger partial charge in [-0.25, -0.2) is 4.79 Å². The zero-order chi connectivity index (χ0) is 17.0. The predicted octanol–water partition coefficient (Wildman–Crippen LogP) is 4.79. The summed E-state index contributed by atoms with van der Waals surface area (Å²) in [6.07, 6.45) is 1.89. The molecule has 1 aromatic rings. The van der Waals surface area contributed by atoms with E-state index in [4.69, 9.17) is 16.3 Å². The van der Waals surface area contributed by atoms with Crippen LogP contribution in [-0.4, -0.2) is 24.8 Å². The SMILES string of the molecule is CC(c1ccc(NC(=O)OC(C)(C)C)c(Cl)c1)C1CCNCC1. The van der Waals surface area contributed by atoms with Gasteiger partial charge in [-0.15, -0.1) is 0 Å². The molecule has 1 fully saturated rings. The number of nitrogens with one attached hydrogen (secondary N) is 2. The molecule has 5 heteroatoms. The van der Waals surface area contributed by atoms with Crippen molar-refractivity contribution in [3.8, 4) is 0 Å². The number of rotatable bonds is 3. The third-order valence-electron chi connectivity index (χ3n) is 4.25. The van der Waals surface area contributed by atoms with Crippen LogP contribution in [-0.2, 0) is 4.74 Å². The Balaban J connectivity index is 2.03. The maximum absolute atomic E-state index is 11.8. The van der Waals surface area contributed by atoms with Crippen LogP contribution in [0.5, 0.6) is 0 Å². The number of hydrogen-bond acceptors (Lipinski definition) is 3. The van der Waals surface area contributed by atoms with Crippen LogP contribution in [0.25, 0.3) is 0 Å². The van der Waals surface area contributed by atoms with E-state index in [-0.39, 0.29) is 0 Å². The van der Waals surface area contributed by atoms with Crippen molar-refractivity contribution >= 4 is 23.4 Å². The molecule has 1 amide bonds. The zero-order valence-corrected chi connectivity index (χ0v) is 15.2. The minimum absolute atomic E-state index is 0.463. The van der Waals surface area contributed by atoms with Crippen molar-refractivity contribution in [2.75, 3.05) is 18.4 Å². The van der Waals surface area contributed by atoms with Crippen molar-refractivity contribution in [2.45, 2.75) is 52.1 Å². The number of halogens is 1. The second-order valence-corrected chi connectivity index (χ2v) is 7.65. The maximum Gasteiger partial charge on any atom is 0.412 e. The van der Waals surface area contributed by atoms with Crippen LogP contribution < -0.4 is 10.6 Å². The fourth-order valence-electron chi connectivity index (χ4n) is 2.95. The predicted molar refractivity (Wildman–Crippen MR) is 95.3 cm³/mol. The molecule has 0 radical (unpaired) electrons. The lowest BCUT2D eigenvalue weighted by Gasteiger charge is -2.28. The third kappa shape index (κ3) is 5.40. The number of hydrogen-bond donors (Lipinski definition) is 2. The van der Waals surface area contributed by atoms with Crippen LogP contribution in [0, 0.1) is 5.92 Å². The van der Waals surface area contributed by atoms with Crippen LogP contribution in [0.1, 0.15) is 52.0 Å². The van der Waals surface area contributed by atoms with E-state index >= 15 is 0 Å². The third-order valence-corrected chi connectivity index (χ3v) is 4.56. The summed E-state index contributed by atoms with van der Waals surface area (Å²) >= 11 is 6.35. The Morgan fingerprint density at radius 2 is 2.00 bits per heavy atom. The highest BCUT2D eigenvalue weighted by Crippen LogP contribution is 2.34. The smallest absolute Gasteiger partial charge is 0.412 e. The molecule has 0 aliphatic carbocycles. The van der Waals surface area contributed by atoms with E-state index < -0.39 is 11.7 Å². The molecule has 1 heterocycles. The van der Waals surface area contributed by atoms with Gasteiger partial charge in [0.05, 0.1) is 10.7 Å². The first kappa shape index (κ1) is 18.1. The molecule has 1 aliphatic heterocycles. The molecule has 0 saturated carbocycles. The van der Waals surface area contributed by atoms with Gasteiger partial charge in [0, 0.05) is 0 Å². The van der Waals surface area contributed by atoms with Crippen molar-refractivity contribution in [3.05, 3.63) is 28.8 Å². The van der Waals surface area contributed by atoms with Crippen molar-refractivity contribution in [3.63, 3.8) is 0 Å². The molecular weight excluding hydrogens is 312 g/mol. The summed E-state index contributed by atoms with van der Waals surface area (Å²) in [6.45, 7) is 9.92. The second kappa shape index (κ2) is 7.54. The van der Waals surface area contributed by atoms with Gasteiger partial charge in [-0.3, -0.25) is 5.32 Å². The first-order chi connectivity index (χ1) is 10.8. The zero-order valence-electron chi connectivity index (χ0n) is 14.4. The quantitative estimate of drug-likeness (QED) is 0.833. The van der Waals surface area contributed by atoms with Crippen LogP contribution in [0.2, 0.25) is 5.02 Å². The Hall–Kier alpha value is -1.26. The Kier molecular flexibility index (Phi) is 5.93. The van der Waals surface area contributed by atoms with Crippen molar-refractivity contribution in [1.29, 1.82) is 0 Å². The summed E-state index contributed by atoms with van der Waals surface area (Å²) in [5.41, 5.74) is 1.28. The molecule has 1 atom stereocenters. The Labute approximate surface area is 143 Å². The standard InChI is InChI=1S/C18H27ClN2O2/c1-12(13-7-9-20-10-8-13)14-5-6-16(15(19)11-14)21-17(22)23-18(2,3)4/h5-6,11-13,20H,7-10H2,1-4H3,(H,21,22). The normalized spacial score (nSPS) is 17.6. The summed E-state index contributed by atoms with van der Waals surface area (Å²) in [7, 11) is 0. The van der Waals surface area contributed by atoms with Crippen LogP contribution >= 0.6 is 11.6 Å². The molecule has 1 aromatic carbocycles. The fourth-order valence-corrected chi connectivity index (χ4v) is 3.18. The molecule has 0 spiro atoms. The average molecular weight is 339 g/mol. The number of piperidine rings is 1. The molecule has 4 nitrogen and oxygen atoms in total. The van der Waals surface area contributed by atoms with Gasteiger partial charge >= 0.3 is 6.09 Å². The highest BCUT2D eigenvalue weighted by atomic mass is 35.5. The molecule has 0 aromatic heterocycles. The highest BCUT2D eigenvalue weighted by molar-refractivity contribution is 6.33. The lowest BCUT2D eigenvalue weighted by molar-refractivity contribution is 0.0636. The molecule has 1 saturated heterocycles. The summed E-state index contributed by atoms with van der Waals surface area (Å²) < 4.78 is 5.25. The monoisotopic (exact) mass is 338 g/mol. The highest BCUT2D eigenvalue weighted by Gasteiger charge is 2.22. The molecule has 1 aliphatic rings. The first-order valence-corrected chi connectivity index (χ1v) is 8.64. The largest absolute Gasteiger partial charge is 0.444 e. The van der Waals surface area contributed by atoms with Gasteiger partial charge in [0.25, 0.3) is 0 Å². The van der Waals surface area contributed by atoms with Crippen LogP contribution in [0.3, 0.4) is 0 Å². The number of ether oxygens (including phenoxy) is 1. The number of carbonyl (C=O) groups excluding carboxylic acids is 1. The van der Waals surface area contributed by atoms with Gasteiger partial charge in [0.2, 0.25) is 0 Å². The molecule has 0 bridgehead atoms. The fraction of sp³-hybridized carbons (Fsp3) is 0.611. The second-order valence-electron chi connectivity index (χ2n) is 7.24. The number of carbonyl (C=O) groups is 1. The van der Waals surface area contributed by atoms with Gasteiger partial charge in [-0.05, 0) is 76.2 Å². The summed E-state index contributed by atoms with van der Waals surface area (Å²) in [4.78, 5) is 11.8. The van der Waals surface area contributed by atoms with E-state index in [1.165, 1.54) is 18.4 Å².